The summed E-state index contributed by atoms with van der Waals surface area (Å²) in [5.41, 5.74) is 5.33. The highest BCUT2D eigenvalue weighted by molar-refractivity contribution is 5.33. The van der Waals surface area contributed by atoms with E-state index in [1.165, 1.54) is 6.20 Å². The molecule has 3 heteroatoms. The first-order valence-corrected chi connectivity index (χ1v) is 3.35. The maximum Gasteiger partial charge on any atom is 0.104 e. The third-order valence-electron chi connectivity index (χ3n) is 1.32. The van der Waals surface area contributed by atoms with Crippen LogP contribution in [0.15, 0.2) is 12.7 Å². The first-order valence-electron chi connectivity index (χ1n) is 3.35. The molecule has 0 radical (unpaired) electrons. The van der Waals surface area contributed by atoms with E-state index in [-0.39, 0.29) is 0 Å². The molecule has 0 unspecified atom stereocenters. The van der Waals surface area contributed by atoms with Crippen LogP contribution in [0.3, 0.4) is 0 Å². The van der Waals surface area contributed by atoms with E-state index in [2.05, 4.69) is 16.5 Å². The fraction of sp³-hybridized carbons (Fsp3) is 0.125. The van der Waals surface area contributed by atoms with E-state index in [9.17, 15) is 0 Å². The maximum atomic E-state index is 5.33. The van der Waals surface area contributed by atoms with Gasteiger partial charge in [0.1, 0.15) is 11.2 Å². The zero-order chi connectivity index (χ0) is 8.27. The number of aryl methyl sites for hydroxylation is 1. The van der Waals surface area contributed by atoms with E-state index in [0.717, 1.165) is 16.5 Å². The molecule has 3 N–H and O–H groups in total. The van der Waals surface area contributed by atoms with E-state index < -0.39 is 0 Å². The first kappa shape index (κ1) is 7.60. The Morgan fingerprint density at radius 3 is 2.91 bits per heavy atom. The van der Waals surface area contributed by atoms with Gasteiger partial charge in [0.05, 0.1) is 5.35 Å². The molecule has 0 saturated carbocycles. The summed E-state index contributed by atoms with van der Waals surface area (Å²) in [7, 11) is 0. The second-order valence-electron chi connectivity index (χ2n) is 2.19. The number of hydrogen-bond donors (Lipinski definition) is 2. The van der Waals surface area contributed by atoms with Crippen molar-refractivity contribution in [2.45, 2.75) is 6.92 Å². The lowest BCUT2D eigenvalue weighted by atomic mass is 10.5. The summed E-state index contributed by atoms with van der Waals surface area (Å²) in [6.45, 7) is 5.46. The molecule has 0 atom stereocenters. The number of imidazole rings is 1. The molecular weight excluding hydrogens is 138 g/mol. The second kappa shape index (κ2) is 3.05. The van der Waals surface area contributed by atoms with Crippen LogP contribution in [0, 0.1) is 6.92 Å². The molecule has 58 valence electrons. The van der Waals surface area contributed by atoms with Gasteiger partial charge in [-0.15, -0.1) is 0 Å². The van der Waals surface area contributed by atoms with E-state index in [1.54, 1.807) is 6.08 Å². The molecule has 1 rings (SSSR count). The van der Waals surface area contributed by atoms with E-state index in [4.69, 9.17) is 5.73 Å². The molecule has 0 fully saturated rings. The summed E-state index contributed by atoms with van der Waals surface area (Å²) in [5, 5.41) is 1.67. The van der Waals surface area contributed by atoms with Gasteiger partial charge in [0.15, 0.2) is 0 Å². The van der Waals surface area contributed by atoms with Crippen LogP contribution in [0.2, 0.25) is 0 Å². The Morgan fingerprint density at radius 1 is 1.64 bits per heavy atom. The highest BCUT2D eigenvalue weighted by Crippen LogP contribution is 1.71. The quantitative estimate of drug-likeness (QED) is 0.559. The number of rotatable bonds is 1. The predicted molar refractivity (Wildman–Crippen MR) is 45.9 cm³/mol. The molecule has 0 saturated heterocycles. The Balaban J connectivity index is 3.47. The molecule has 0 amide bonds. The van der Waals surface area contributed by atoms with Gasteiger partial charge < -0.3 is 10.7 Å². The fourth-order valence-electron chi connectivity index (χ4n) is 0.900. The Hall–Kier alpha value is -1.51. The van der Waals surface area contributed by atoms with Crippen molar-refractivity contribution in [1.82, 2.24) is 9.97 Å². The molecule has 0 bridgehead atoms. The Morgan fingerprint density at radius 2 is 2.36 bits per heavy atom. The molecule has 1 aromatic rings. The van der Waals surface area contributed by atoms with Crippen LogP contribution in [-0.4, -0.2) is 9.97 Å². The highest BCUT2D eigenvalue weighted by Gasteiger charge is 1.88. The number of nitrogens with two attached hydrogens (primary N) is 1. The number of hydrogen-bond acceptors (Lipinski definition) is 2. The van der Waals surface area contributed by atoms with Crippen LogP contribution in [0.4, 0.5) is 0 Å². The largest absolute Gasteiger partial charge is 0.403 e. The van der Waals surface area contributed by atoms with E-state index in [1.807, 2.05) is 13.0 Å². The third-order valence-corrected chi connectivity index (χ3v) is 1.32. The minimum absolute atomic E-state index is 0.766. The molecule has 0 aliphatic carbocycles. The molecule has 1 aromatic heterocycles. The van der Waals surface area contributed by atoms with Gasteiger partial charge in [-0.3, -0.25) is 0 Å². The van der Waals surface area contributed by atoms with Crippen LogP contribution in [-0.2, 0) is 0 Å². The lowest BCUT2D eigenvalue weighted by Gasteiger charge is -1.73. The van der Waals surface area contributed by atoms with Gasteiger partial charge in [-0.05, 0) is 13.0 Å². The van der Waals surface area contributed by atoms with Gasteiger partial charge in [0.25, 0.3) is 0 Å². The summed E-state index contributed by atoms with van der Waals surface area (Å²) in [4.78, 5) is 7.18. The van der Waals surface area contributed by atoms with Crippen LogP contribution >= 0.6 is 0 Å². The zero-order valence-corrected chi connectivity index (χ0v) is 6.46. The van der Waals surface area contributed by atoms with E-state index >= 15 is 0 Å². The topological polar surface area (TPSA) is 54.7 Å². The standard InChI is InChI=1S/C8H11N3/c1-3-4-7-8(5-9)11-6(2)10-7/h3-5H,1,9H2,2H3,(H,10,11)/b7-4+,8-5+. The number of nitrogens with one attached hydrogen (secondary N) is 1. The number of aromatic amines is 1. The Kier molecular flexibility index (Phi) is 2.11. The van der Waals surface area contributed by atoms with Gasteiger partial charge in [0, 0.05) is 6.20 Å². The highest BCUT2D eigenvalue weighted by atomic mass is 14.9. The minimum Gasteiger partial charge on any atom is -0.403 e. The van der Waals surface area contributed by atoms with Gasteiger partial charge in [-0.2, -0.15) is 0 Å². The van der Waals surface area contributed by atoms with Crippen molar-refractivity contribution >= 4 is 12.3 Å². The number of aromatic nitrogens is 2. The summed E-state index contributed by atoms with van der Waals surface area (Å²) in [5.74, 6) is 0.856. The van der Waals surface area contributed by atoms with Crippen molar-refractivity contribution < 1.29 is 0 Å². The summed E-state index contributed by atoms with van der Waals surface area (Å²) < 4.78 is 0. The van der Waals surface area contributed by atoms with Crippen molar-refractivity contribution in [3.05, 3.63) is 29.2 Å². The lowest BCUT2D eigenvalue weighted by molar-refractivity contribution is 1.13. The van der Waals surface area contributed by atoms with Gasteiger partial charge in [-0.1, -0.05) is 12.7 Å². The smallest absolute Gasteiger partial charge is 0.104 e. The molecule has 3 nitrogen and oxygen atoms in total. The molecule has 0 aliphatic rings. The zero-order valence-electron chi connectivity index (χ0n) is 6.46. The molecule has 0 aromatic carbocycles. The normalized spacial score (nSPS) is 13.9. The van der Waals surface area contributed by atoms with E-state index in [0.29, 0.717) is 0 Å². The number of nitrogens with zero attached hydrogens (tertiary/aromatic N) is 1. The Bertz CT molecular complexity index is 359. The summed E-state index contributed by atoms with van der Waals surface area (Å²) in [6.07, 6.45) is 5.00. The fourth-order valence-corrected chi connectivity index (χ4v) is 0.900. The van der Waals surface area contributed by atoms with Crippen molar-refractivity contribution in [3.63, 3.8) is 0 Å². The van der Waals surface area contributed by atoms with Gasteiger partial charge in [0.2, 0.25) is 0 Å². The van der Waals surface area contributed by atoms with Crippen LogP contribution in [0.5, 0.6) is 0 Å². The number of H-pyrrole nitrogens is 1. The lowest BCUT2D eigenvalue weighted by Crippen LogP contribution is -2.25. The maximum absolute atomic E-state index is 5.33. The van der Waals surface area contributed by atoms with Crippen molar-refractivity contribution in [2.24, 2.45) is 5.73 Å². The summed E-state index contributed by atoms with van der Waals surface area (Å²) in [6, 6.07) is 0. The average Bonchev–Trinajstić information content (AvgIpc) is 2.32. The van der Waals surface area contributed by atoms with Crippen LogP contribution in [0.1, 0.15) is 5.82 Å². The average molecular weight is 149 g/mol. The molecule has 11 heavy (non-hydrogen) atoms. The molecular formula is C8H11N3. The first-order chi connectivity index (χ1) is 5.27. The SMILES string of the molecule is C=C/C=c1/[nH]c(C)n/c1=C/N. The molecule has 0 aliphatic heterocycles. The minimum atomic E-state index is 0.766. The predicted octanol–water partition coefficient (Wildman–Crippen LogP) is -0.619. The second-order valence-corrected chi connectivity index (χ2v) is 2.19. The molecule has 0 spiro atoms. The third kappa shape index (κ3) is 1.49. The summed E-state index contributed by atoms with van der Waals surface area (Å²) >= 11 is 0. The Labute approximate surface area is 65.0 Å². The monoisotopic (exact) mass is 149 g/mol. The van der Waals surface area contributed by atoms with Crippen molar-refractivity contribution in [2.75, 3.05) is 0 Å². The van der Waals surface area contributed by atoms with Crippen LogP contribution < -0.4 is 16.4 Å². The molecule has 1 heterocycles. The van der Waals surface area contributed by atoms with Crippen molar-refractivity contribution in [1.29, 1.82) is 0 Å². The number of allylic oxidation sites excluding steroid dienone is 1. The van der Waals surface area contributed by atoms with Gasteiger partial charge >= 0.3 is 0 Å². The van der Waals surface area contributed by atoms with Crippen LogP contribution in [0.25, 0.3) is 12.3 Å². The van der Waals surface area contributed by atoms with Gasteiger partial charge in [-0.25, -0.2) is 4.98 Å². The van der Waals surface area contributed by atoms with Crippen molar-refractivity contribution in [3.8, 4) is 0 Å².